The topological polar surface area (TPSA) is 130 Å². The Bertz CT molecular complexity index is 800. The summed E-state index contributed by atoms with van der Waals surface area (Å²) in [5, 5.41) is 9.03. The molecule has 0 bridgehead atoms. The van der Waals surface area contributed by atoms with Crippen molar-refractivity contribution in [2.45, 2.75) is 19.9 Å². The molecule has 1 aliphatic heterocycles. The third-order valence-corrected chi connectivity index (χ3v) is 5.39. The van der Waals surface area contributed by atoms with Gasteiger partial charge in [-0.15, -0.1) is 0 Å². The van der Waals surface area contributed by atoms with Gasteiger partial charge in [0.2, 0.25) is 10.0 Å². The lowest BCUT2D eigenvalue weighted by Gasteiger charge is -2.18. The van der Waals surface area contributed by atoms with Crippen LogP contribution in [-0.4, -0.2) is 67.8 Å². The number of fused-ring (bicyclic) bond motifs is 1. The Hall–Kier alpha value is -2.30. The van der Waals surface area contributed by atoms with Gasteiger partial charge in [-0.05, 0) is 18.1 Å². The number of carboxylic acids is 1. The molecule has 0 fully saturated rings. The van der Waals surface area contributed by atoms with Crippen LogP contribution in [0.1, 0.15) is 34.6 Å². The van der Waals surface area contributed by atoms with Crippen molar-refractivity contribution in [2.75, 3.05) is 25.5 Å². The van der Waals surface area contributed by atoms with E-state index in [1.165, 1.54) is 0 Å². The molecule has 0 unspecified atom stereocenters. The van der Waals surface area contributed by atoms with Gasteiger partial charge in [0.25, 0.3) is 11.8 Å². The molecule has 10 heteroatoms. The third-order valence-electron chi connectivity index (χ3n) is 4.07. The molecule has 1 aliphatic rings. The molecule has 1 aromatic rings. The lowest BCUT2D eigenvalue weighted by atomic mass is 10.1. The molecule has 0 saturated heterocycles. The van der Waals surface area contributed by atoms with Crippen LogP contribution in [0, 0.1) is 5.92 Å². The zero-order valence-corrected chi connectivity index (χ0v) is 15.9. The fourth-order valence-electron chi connectivity index (χ4n) is 2.59. The zero-order chi connectivity index (χ0) is 20.2. The molecule has 0 saturated carbocycles. The van der Waals surface area contributed by atoms with Crippen LogP contribution in [0.3, 0.4) is 0 Å². The monoisotopic (exact) mass is 398 g/mol. The Labute approximate surface area is 157 Å². The highest BCUT2D eigenvalue weighted by molar-refractivity contribution is 7.89. The predicted molar refractivity (Wildman–Crippen MR) is 95.8 cm³/mol. The van der Waals surface area contributed by atoms with Gasteiger partial charge in [-0.2, -0.15) is 0 Å². The number of sulfonamides is 1. The summed E-state index contributed by atoms with van der Waals surface area (Å²) in [6.07, 6.45) is 0. The number of rotatable bonds is 10. The van der Waals surface area contributed by atoms with Gasteiger partial charge in [0.05, 0.1) is 36.6 Å². The molecule has 0 radical (unpaired) electrons. The summed E-state index contributed by atoms with van der Waals surface area (Å²) in [5.74, 6) is -2.90. The number of nitrogens with zero attached hydrogens (tertiary/aromatic N) is 1. The number of hydrogen-bond acceptors (Lipinski definition) is 6. The lowest BCUT2D eigenvalue weighted by molar-refractivity contribution is -0.140. The Morgan fingerprint density at radius 1 is 1.15 bits per heavy atom. The second-order valence-corrected chi connectivity index (χ2v) is 8.29. The first-order valence-electron chi connectivity index (χ1n) is 8.40. The maximum atomic E-state index is 12.2. The summed E-state index contributed by atoms with van der Waals surface area (Å²) in [6, 6.07) is 5.27. The van der Waals surface area contributed by atoms with E-state index < -0.39 is 45.5 Å². The Morgan fingerprint density at radius 3 is 2.19 bits per heavy atom. The molecule has 0 aromatic heterocycles. The molecule has 1 atom stereocenters. The van der Waals surface area contributed by atoms with E-state index in [1.54, 1.807) is 38.1 Å². The average Bonchev–Trinajstić information content (AvgIpc) is 2.84. The summed E-state index contributed by atoms with van der Waals surface area (Å²) >= 11 is 0. The highest BCUT2D eigenvalue weighted by Gasteiger charge is 2.34. The van der Waals surface area contributed by atoms with E-state index in [-0.39, 0.29) is 19.8 Å². The van der Waals surface area contributed by atoms with Crippen molar-refractivity contribution in [1.29, 1.82) is 0 Å². The summed E-state index contributed by atoms with van der Waals surface area (Å²) < 4.78 is 31.2. The standard InChI is InChI=1S/C17H22N2O7S/c1-11(2)14(17(22)23)18-27(24,25)10-9-26-8-7-19-15(20)12-5-3-4-6-13(12)16(19)21/h3-6,11,14,18H,7-10H2,1-2H3,(H,22,23)/t14-/m1/s1. The minimum Gasteiger partial charge on any atom is -0.480 e. The van der Waals surface area contributed by atoms with Gasteiger partial charge in [0.15, 0.2) is 0 Å². The number of aliphatic carboxylic acids is 1. The SMILES string of the molecule is CC(C)[C@@H](NS(=O)(=O)CCOCCN1C(=O)c2ccccc2C1=O)C(=O)O. The number of carboxylic acid groups (broad SMARTS) is 1. The zero-order valence-electron chi connectivity index (χ0n) is 15.0. The molecule has 148 valence electrons. The average molecular weight is 398 g/mol. The molecule has 0 aliphatic carbocycles. The minimum atomic E-state index is -3.84. The van der Waals surface area contributed by atoms with Gasteiger partial charge in [0.1, 0.15) is 6.04 Å². The van der Waals surface area contributed by atoms with E-state index in [9.17, 15) is 22.8 Å². The molecule has 0 spiro atoms. The number of carbonyl (C=O) groups excluding carboxylic acids is 2. The van der Waals surface area contributed by atoms with Crippen molar-refractivity contribution in [3.63, 3.8) is 0 Å². The van der Waals surface area contributed by atoms with E-state index >= 15 is 0 Å². The Kier molecular flexibility index (Phi) is 6.68. The van der Waals surface area contributed by atoms with Gasteiger partial charge in [-0.25, -0.2) is 13.1 Å². The molecule has 2 N–H and O–H groups in total. The van der Waals surface area contributed by atoms with Crippen molar-refractivity contribution in [2.24, 2.45) is 5.92 Å². The highest BCUT2D eigenvalue weighted by Crippen LogP contribution is 2.21. The highest BCUT2D eigenvalue weighted by atomic mass is 32.2. The Balaban J connectivity index is 1.79. The number of nitrogens with one attached hydrogen (secondary N) is 1. The number of benzene rings is 1. The van der Waals surface area contributed by atoms with Crippen LogP contribution >= 0.6 is 0 Å². The van der Waals surface area contributed by atoms with Crippen molar-refractivity contribution in [1.82, 2.24) is 9.62 Å². The number of ether oxygens (including phenoxy) is 1. The van der Waals surface area contributed by atoms with Crippen LogP contribution < -0.4 is 4.72 Å². The number of carbonyl (C=O) groups is 3. The molecule has 27 heavy (non-hydrogen) atoms. The van der Waals surface area contributed by atoms with E-state index in [4.69, 9.17) is 9.84 Å². The normalized spacial score (nSPS) is 15.3. The van der Waals surface area contributed by atoms with Gasteiger partial charge in [0, 0.05) is 0 Å². The molecule has 1 aromatic carbocycles. The van der Waals surface area contributed by atoms with Crippen molar-refractivity contribution >= 4 is 27.8 Å². The van der Waals surface area contributed by atoms with Crippen LogP contribution in [-0.2, 0) is 19.6 Å². The van der Waals surface area contributed by atoms with Crippen molar-refractivity contribution in [3.05, 3.63) is 35.4 Å². The Morgan fingerprint density at radius 2 is 1.70 bits per heavy atom. The smallest absolute Gasteiger partial charge is 0.321 e. The summed E-state index contributed by atoms with van der Waals surface area (Å²) in [6.45, 7) is 2.99. The third kappa shape index (κ3) is 5.12. The van der Waals surface area contributed by atoms with Crippen LogP contribution in [0.5, 0.6) is 0 Å². The second-order valence-electron chi connectivity index (χ2n) is 6.42. The van der Waals surface area contributed by atoms with Crippen LogP contribution in [0.15, 0.2) is 24.3 Å². The van der Waals surface area contributed by atoms with Crippen molar-refractivity contribution in [3.8, 4) is 0 Å². The molecular weight excluding hydrogens is 376 g/mol. The van der Waals surface area contributed by atoms with Crippen LogP contribution in [0.4, 0.5) is 0 Å². The van der Waals surface area contributed by atoms with E-state index in [2.05, 4.69) is 4.72 Å². The largest absolute Gasteiger partial charge is 0.480 e. The summed E-state index contributed by atoms with van der Waals surface area (Å²) in [7, 11) is -3.84. The first-order chi connectivity index (χ1) is 12.6. The van der Waals surface area contributed by atoms with E-state index in [0.717, 1.165) is 4.90 Å². The fraction of sp³-hybridized carbons (Fsp3) is 0.471. The molecule has 2 amide bonds. The number of imide groups is 1. The first-order valence-corrected chi connectivity index (χ1v) is 10.0. The predicted octanol–water partition coefficient (Wildman–Crippen LogP) is 0.328. The lowest BCUT2D eigenvalue weighted by Crippen LogP contribution is -2.45. The van der Waals surface area contributed by atoms with Crippen molar-refractivity contribution < 1.29 is 32.6 Å². The molecule has 2 rings (SSSR count). The van der Waals surface area contributed by atoms with Gasteiger partial charge < -0.3 is 9.84 Å². The van der Waals surface area contributed by atoms with Gasteiger partial charge in [-0.1, -0.05) is 26.0 Å². The van der Waals surface area contributed by atoms with Crippen LogP contribution in [0.2, 0.25) is 0 Å². The van der Waals surface area contributed by atoms with Gasteiger partial charge >= 0.3 is 5.97 Å². The molecular formula is C17H22N2O7S. The maximum Gasteiger partial charge on any atom is 0.321 e. The van der Waals surface area contributed by atoms with E-state index in [0.29, 0.717) is 11.1 Å². The number of amides is 2. The first kappa shape index (κ1) is 21.0. The summed E-state index contributed by atoms with van der Waals surface area (Å²) in [4.78, 5) is 36.5. The second kappa shape index (κ2) is 8.59. The quantitative estimate of drug-likeness (QED) is 0.429. The maximum absolute atomic E-state index is 12.2. The fourth-order valence-corrected chi connectivity index (χ4v) is 3.81. The summed E-state index contributed by atoms with van der Waals surface area (Å²) in [5.41, 5.74) is 0.672. The molecule has 1 heterocycles. The minimum absolute atomic E-state index is 0.00354. The van der Waals surface area contributed by atoms with E-state index in [1.807, 2.05) is 0 Å². The van der Waals surface area contributed by atoms with Gasteiger partial charge in [-0.3, -0.25) is 19.3 Å². The van der Waals surface area contributed by atoms with Crippen LogP contribution in [0.25, 0.3) is 0 Å². The number of hydrogen-bond donors (Lipinski definition) is 2. The molecule has 9 nitrogen and oxygen atoms in total.